The molecule has 0 saturated heterocycles. The zero-order valence-corrected chi connectivity index (χ0v) is 19.1. The van der Waals surface area contributed by atoms with Crippen LogP contribution in [0.4, 0.5) is 14.5 Å². The number of halogens is 2. The van der Waals surface area contributed by atoms with Crippen molar-refractivity contribution in [2.45, 2.75) is 62.6 Å². The number of para-hydroxylation sites is 1. The number of thioether (sulfide) groups is 1. The molecule has 1 fully saturated rings. The number of nitrogens with zero attached hydrogens (tertiary/aromatic N) is 2. The second-order valence-electron chi connectivity index (χ2n) is 8.33. The van der Waals surface area contributed by atoms with Crippen LogP contribution in [0.2, 0.25) is 0 Å². The average Bonchev–Trinajstić information content (AvgIpc) is 3.42. The molecule has 168 valence electrons. The van der Waals surface area contributed by atoms with Crippen molar-refractivity contribution >= 4 is 44.9 Å². The second-order valence-corrected chi connectivity index (χ2v) is 10.4. The molecule has 2 heterocycles. The van der Waals surface area contributed by atoms with Gasteiger partial charge < -0.3 is 5.32 Å². The Bertz CT molecular complexity index is 1230. The molecule has 32 heavy (non-hydrogen) atoms. The van der Waals surface area contributed by atoms with Gasteiger partial charge in [0.25, 0.3) is 5.56 Å². The van der Waals surface area contributed by atoms with E-state index in [1.54, 1.807) is 15.9 Å². The fourth-order valence-electron chi connectivity index (χ4n) is 4.71. The van der Waals surface area contributed by atoms with Gasteiger partial charge in [0.05, 0.1) is 11.1 Å². The molecule has 3 aromatic rings. The Morgan fingerprint density at radius 2 is 1.88 bits per heavy atom. The van der Waals surface area contributed by atoms with E-state index in [1.165, 1.54) is 10.9 Å². The predicted octanol–water partition coefficient (Wildman–Crippen LogP) is 5.46. The molecule has 2 aliphatic carbocycles. The van der Waals surface area contributed by atoms with Crippen molar-refractivity contribution in [3.63, 3.8) is 0 Å². The zero-order valence-electron chi connectivity index (χ0n) is 17.5. The lowest BCUT2D eigenvalue weighted by molar-refractivity contribution is -0.113. The van der Waals surface area contributed by atoms with Gasteiger partial charge in [-0.3, -0.25) is 14.2 Å². The van der Waals surface area contributed by atoms with Crippen LogP contribution in [0.25, 0.3) is 10.2 Å². The minimum atomic E-state index is -0.824. The standard InChI is InChI=1S/C23H23F2N3O2S2/c24-15-9-5-10-16(25)20(15)26-18(29)12-31-23-27-21-19(14-8-3-4-11-17(14)32-21)22(30)28(23)13-6-1-2-7-13/h5,9-10,13H,1-4,6-8,11-12H2,(H,26,29). The number of anilines is 1. The summed E-state index contributed by atoms with van der Waals surface area (Å²) >= 11 is 2.73. The van der Waals surface area contributed by atoms with E-state index in [4.69, 9.17) is 4.98 Å². The first-order chi connectivity index (χ1) is 15.5. The first kappa shape index (κ1) is 21.6. The molecule has 2 aromatic heterocycles. The molecule has 1 amide bonds. The summed E-state index contributed by atoms with van der Waals surface area (Å²) in [4.78, 5) is 32.9. The van der Waals surface area contributed by atoms with Gasteiger partial charge in [-0.05, 0) is 56.2 Å². The Morgan fingerprint density at radius 3 is 2.62 bits per heavy atom. The van der Waals surface area contributed by atoms with Gasteiger partial charge in [0.1, 0.15) is 22.2 Å². The summed E-state index contributed by atoms with van der Waals surface area (Å²) in [5.41, 5.74) is 0.690. The quantitative estimate of drug-likeness (QED) is 0.393. The second kappa shape index (κ2) is 8.94. The third-order valence-electron chi connectivity index (χ3n) is 6.24. The molecule has 1 aromatic carbocycles. The van der Waals surface area contributed by atoms with E-state index >= 15 is 0 Å². The Morgan fingerprint density at radius 1 is 1.16 bits per heavy atom. The van der Waals surface area contributed by atoms with Gasteiger partial charge in [0, 0.05) is 10.9 Å². The van der Waals surface area contributed by atoms with Gasteiger partial charge in [-0.1, -0.05) is 30.7 Å². The maximum Gasteiger partial charge on any atom is 0.263 e. The van der Waals surface area contributed by atoms with Crippen LogP contribution in [0.1, 0.15) is 55.0 Å². The van der Waals surface area contributed by atoms with Gasteiger partial charge in [-0.2, -0.15) is 0 Å². The number of aromatic nitrogens is 2. The van der Waals surface area contributed by atoms with Crippen molar-refractivity contribution in [2.75, 3.05) is 11.1 Å². The molecular formula is C23H23F2N3O2S2. The number of nitrogens with one attached hydrogen (secondary N) is 1. The molecule has 0 atom stereocenters. The highest BCUT2D eigenvalue weighted by Gasteiger charge is 2.27. The van der Waals surface area contributed by atoms with E-state index < -0.39 is 23.2 Å². The SMILES string of the molecule is O=C(CSc1nc2sc3c(c2c(=O)n1C1CCCC1)CCCC3)Nc1c(F)cccc1F. The number of aryl methyl sites for hydroxylation is 2. The minimum absolute atomic E-state index is 0.00986. The molecule has 9 heteroatoms. The number of benzene rings is 1. The van der Waals surface area contributed by atoms with Crippen LogP contribution in [0.3, 0.4) is 0 Å². The number of carbonyl (C=O) groups is 1. The van der Waals surface area contributed by atoms with Crippen LogP contribution in [0.15, 0.2) is 28.2 Å². The fraction of sp³-hybridized carbons (Fsp3) is 0.435. The molecule has 0 unspecified atom stereocenters. The fourth-order valence-corrected chi connectivity index (χ4v) is 6.88. The zero-order chi connectivity index (χ0) is 22.2. The van der Waals surface area contributed by atoms with E-state index in [2.05, 4.69) is 5.32 Å². The highest BCUT2D eigenvalue weighted by molar-refractivity contribution is 7.99. The normalized spacial score (nSPS) is 16.4. The predicted molar refractivity (Wildman–Crippen MR) is 124 cm³/mol. The molecule has 1 saturated carbocycles. The van der Waals surface area contributed by atoms with Crippen LogP contribution in [-0.2, 0) is 17.6 Å². The average molecular weight is 476 g/mol. The first-order valence-corrected chi connectivity index (χ1v) is 12.8. The van der Waals surface area contributed by atoms with E-state index in [-0.39, 0.29) is 17.4 Å². The third kappa shape index (κ3) is 3.96. The van der Waals surface area contributed by atoms with Crippen LogP contribution in [0.5, 0.6) is 0 Å². The van der Waals surface area contributed by atoms with E-state index in [0.29, 0.717) is 5.16 Å². The lowest BCUT2D eigenvalue weighted by Gasteiger charge is -2.18. The number of carbonyl (C=O) groups excluding carboxylic acids is 1. The lowest BCUT2D eigenvalue weighted by atomic mass is 9.97. The summed E-state index contributed by atoms with van der Waals surface area (Å²) in [6.07, 6.45) is 8.08. The molecular weight excluding hydrogens is 452 g/mol. The lowest BCUT2D eigenvalue weighted by Crippen LogP contribution is -2.27. The van der Waals surface area contributed by atoms with Crippen LogP contribution in [0, 0.1) is 11.6 Å². The number of rotatable bonds is 5. The summed E-state index contributed by atoms with van der Waals surface area (Å²) in [6.45, 7) is 0. The molecule has 0 aliphatic heterocycles. The summed E-state index contributed by atoms with van der Waals surface area (Å²) in [5, 5.41) is 3.57. The molecule has 5 nitrogen and oxygen atoms in total. The molecule has 0 bridgehead atoms. The van der Waals surface area contributed by atoms with Gasteiger partial charge in [0.2, 0.25) is 5.91 Å². The largest absolute Gasteiger partial charge is 0.320 e. The van der Waals surface area contributed by atoms with E-state index in [9.17, 15) is 18.4 Å². The number of hydrogen-bond donors (Lipinski definition) is 1. The van der Waals surface area contributed by atoms with Gasteiger partial charge in [0.15, 0.2) is 5.16 Å². The summed E-state index contributed by atoms with van der Waals surface area (Å²) < 4.78 is 29.5. The van der Waals surface area contributed by atoms with Crippen molar-refractivity contribution in [1.29, 1.82) is 0 Å². The van der Waals surface area contributed by atoms with Crippen LogP contribution in [-0.4, -0.2) is 21.2 Å². The summed E-state index contributed by atoms with van der Waals surface area (Å²) in [5.74, 6) is -2.29. The van der Waals surface area contributed by atoms with Crippen molar-refractivity contribution in [2.24, 2.45) is 0 Å². The minimum Gasteiger partial charge on any atom is -0.320 e. The van der Waals surface area contributed by atoms with Crippen molar-refractivity contribution in [1.82, 2.24) is 9.55 Å². The van der Waals surface area contributed by atoms with Crippen molar-refractivity contribution < 1.29 is 13.6 Å². The van der Waals surface area contributed by atoms with Gasteiger partial charge >= 0.3 is 0 Å². The number of thiophene rings is 1. The van der Waals surface area contributed by atoms with Crippen LogP contribution >= 0.6 is 23.1 Å². The molecule has 0 radical (unpaired) electrons. The molecule has 5 rings (SSSR count). The maximum atomic E-state index is 13.9. The molecule has 1 N–H and O–H groups in total. The smallest absolute Gasteiger partial charge is 0.263 e. The highest BCUT2D eigenvalue weighted by Crippen LogP contribution is 2.37. The number of fused-ring (bicyclic) bond motifs is 3. The monoisotopic (exact) mass is 475 g/mol. The number of hydrogen-bond acceptors (Lipinski definition) is 5. The Hall–Kier alpha value is -2.26. The third-order valence-corrected chi connectivity index (χ3v) is 8.38. The van der Waals surface area contributed by atoms with Gasteiger partial charge in [-0.25, -0.2) is 13.8 Å². The van der Waals surface area contributed by atoms with Crippen LogP contribution < -0.4 is 10.9 Å². The summed E-state index contributed by atoms with van der Waals surface area (Å²) in [6, 6.07) is 3.51. The van der Waals surface area contributed by atoms with Crippen molar-refractivity contribution in [3.8, 4) is 0 Å². The Balaban J connectivity index is 1.46. The van der Waals surface area contributed by atoms with E-state index in [0.717, 1.165) is 91.0 Å². The number of amides is 1. The topological polar surface area (TPSA) is 64.0 Å². The highest BCUT2D eigenvalue weighted by atomic mass is 32.2. The van der Waals surface area contributed by atoms with Gasteiger partial charge in [-0.15, -0.1) is 11.3 Å². The molecule has 2 aliphatic rings. The first-order valence-electron chi connectivity index (χ1n) is 11.0. The summed E-state index contributed by atoms with van der Waals surface area (Å²) in [7, 11) is 0. The Labute approximate surface area is 192 Å². The maximum absolute atomic E-state index is 13.9. The Kier molecular flexibility index (Phi) is 6.03. The van der Waals surface area contributed by atoms with Crippen molar-refractivity contribution in [3.05, 3.63) is 50.6 Å². The molecule has 0 spiro atoms. The van der Waals surface area contributed by atoms with E-state index in [1.807, 2.05) is 0 Å².